The van der Waals surface area contributed by atoms with Crippen molar-refractivity contribution in [3.63, 3.8) is 0 Å². The minimum atomic E-state index is -0.344. The van der Waals surface area contributed by atoms with Gasteiger partial charge in [0.1, 0.15) is 13.2 Å². The van der Waals surface area contributed by atoms with Crippen molar-refractivity contribution in [3.8, 4) is 11.5 Å². The van der Waals surface area contributed by atoms with Gasteiger partial charge in [-0.05, 0) is 49.5 Å². The van der Waals surface area contributed by atoms with Gasteiger partial charge in [-0.2, -0.15) is 0 Å². The van der Waals surface area contributed by atoms with Gasteiger partial charge >= 0.3 is 0 Å². The number of nitrogens with one attached hydrogen (secondary N) is 1. The molecule has 1 aromatic heterocycles. The molecule has 5 rings (SSSR count). The Morgan fingerprint density at radius 1 is 1.16 bits per heavy atom. The third-order valence-corrected chi connectivity index (χ3v) is 7.23. The highest BCUT2D eigenvalue weighted by Gasteiger charge is 2.36. The Morgan fingerprint density at radius 2 is 1.97 bits per heavy atom. The summed E-state index contributed by atoms with van der Waals surface area (Å²) >= 11 is 1.73. The fourth-order valence-electron chi connectivity index (χ4n) is 4.62. The highest BCUT2D eigenvalue weighted by atomic mass is 32.1. The second-order valence-electron chi connectivity index (χ2n) is 8.25. The van der Waals surface area contributed by atoms with Crippen LogP contribution in [0.2, 0.25) is 0 Å². The van der Waals surface area contributed by atoms with Crippen molar-refractivity contribution >= 4 is 28.8 Å². The Bertz CT molecular complexity index is 942. The van der Waals surface area contributed by atoms with Gasteiger partial charge in [0.2, 0.25) is 11.8 Å². The molecule has 31 heavy (non-hydrogen) atoms. The predicted octanol–water partition coefficient (Wildman–Crippen LogP) is 2.83. The van der Waals surface area contributed by atoms with Gasteiger partial charge in [-0.3, -0.25) is 14.5 Å². The lowest BCUT2D eigenvalue weighted by molar-refractivity contribution is -0.126. The van der Waals surface area contributed by atoms with Crippen molar-refractivity contribution in [2.75, 3.05) is 44.3 Å². The maximum Gasteiger partial charge on any atom is 0.227 e. The normalized spacial score (nSPS) is 22.0. The van der Waals surface area contributed by atoms with Gasteiger partial charge in [-0.25, -0.2) is 0 Å². The molecule has 2 amide bonds. The van der Waals surface area contributed by atoms with E-state index in [4.69, 9.17) is 9.47 Å². The fourth-order valence-corrected chi connectivity index (χ4v) is 5.48. The van der Waals surface area contributed by atoms with E-state index in [1.54, 1.807) is 16.2 Å². The molecule has 1 N–H and O–H groups in total. The van der Waals surface area contributed by atoms with Crippen molar-refractivity contribution in [1.82, 2.24) is 10.2 Å². The molecule has 2 aromatic rings. The second kappa shape index (κ2) is 8.88. The van der Waals surface area contributed by atoms with E-state index in [1.807, 2.05) is 18.2 Å². The molecule has 1 aromatic carbocycles. The quantitative estimate of drug-likeness (QED) is 0.747. The van der Waals surface area contributed by atoms with E-state index in [0.717, 1.165) is 18.8 Å². The third-order valence-electron chi connectivity index (χ3n) is 6.26. The second-order valence-corrected chi connectivity index (χ2v) is 9.23. The Balaban J connectivity index is 1.23. The SMILES string of the molecule is O=C(NC[C@H](c1cccs1)N1CCCC1)[C@@H]1CC(=O)N(c2ccc3c(c2)OCCO3)C1. The van der Waals surface area contributed by atoms with Crippen LogP contribution < -0.4 is 19.7 Å². The van der Waals surface area contributed by atoms with Crippen LogP contribution in [0.4, 0.5) is 5.69 Å². The van der Waals surface area contributed by atoms with Crippen molar-refractivity contribution < 1.29 is 19.1 Å². The number of carbonyl (C=O) groups excluding carboxylic acids is 2. The zero-order valence-electron chi connectivity index (χ0n) is 17.4. The molecular weight excluding hydrogens is 414 g/mol. The summed E-state index contributed by atoms with van der Waals surface area (Å²) in [5, 5.41) is 5.22. The summed E-state index contributed by atoms with van der Waals surface area (Å²) in [7, 11) is 0. The van der Waals surface area contributed by atoms with Crippen LogP contribution in [0.3, 0.4) is 0 Å². The van der Waals surface area contributed by atoms with Crippen LogP contribution in [0, 0.1) is 5.92 Å². The lowest BCUT2D eigenvalue weighted by Gasteiger charge is -2.27. The molecule has 4 heterocycles. The summed E-state index contributed by atoms with van der Waals surface area (Å²) in [4.78, 5) is 31.0. The van der Waals surface area contributed by atoms with Gasteiger partial charge in [-0.1, -0.05) is 6.07 Å². The van der Waals surface area contributed by atoms with Crippen LogP contribution in [-0.4, -0.2) is 56.1 Å². The number of ether oxygens (including phenoxy) is 2. The number of amides is 2. The molecule has 2 saturated heterocycles. The molecular formula is C23H27N3O4S. The van der Waals surface area contributed by atoms with E-state index in [9.17, 15) is 9.59 Å². The number of benzene rings is 1. The number of hydrogen-bond donors (Lipinski definition) is 1. The first kappa shape index (κ1) is 20.3. The van der Waals surface area contributed by atoms with Gasteiger partial charge in [0.15, 0.2) is 11.5 Å². The number of thiophene rings is 1. The van der Waals surface area contributed by atoms with Crippen LogP contribution in [0.5, 0.6) is 11.5 Å². The first-order valence-corrected chi connectivity index (χ1v) is 11.8. The van der Waals surface area contributed by atoms with E-state index >= 15 is 0 Å². The topological polar surface area (TPSA) is 71.1 Å². The molecule has 0 aliphatic carbocycles. The van der Waals surface area contributed by atoms with E-state index in [2.05, 4.69) is 27.7 Å². The highest BCUT2D eigenvalue weighted by molar-refractivity contribution is 7.10. The molecule has 3 aliphatic heterocycles. The largest absolute Gasteiger partial charge is 0.486 e. The molecule has 0 bridgehead atoms. The predicted molar refractivity (Wildman–Crippen MR) is 119 cm³/mol. The summed E-state index contributed by atoms with van der Waals surface area (Å²) in [6.07, 6.45) is 2.64. The van der Waals surface area contributed by atoms with E-state index in [1.165, 1.54) is 17.7 Å². The van der Waals surface area contributed by atoms with Gasteiger partial charge in [0, 0.05) is 36.1 Å². The summed E-state index contributed by atoms with van der Waals surface area (Å²) in [5.74, 6) is 0.912. The van der Waals surface area contributed by atoms with Crippen molar-refractivity contribution in [2.45, 2.75) is 25.3 Å². The smallest absolute Gasteiger partial charge is 0.227 e. The lowest BCUT2D eigenvalue weighted by Crippen LogP contribution is -2.39. The first-order chi connectivity index (χ1) is 15.2. The number of rotatable bonds is 6. The number of anilines is 1. The van der Waals surface area contributed by atoms with Gasteiger partial charge < -0.3 is 19.7 Å². The summed E-state index contributed by atoms with van der Waals surface area (Å²) in [6, 6.07) is 9.91. The van der Waals surface area contributed by atoms with Crippen molar-refractivity contribution in [1.29, 1.82) is 0 Å². The van der Waals surface area contributed by atoms with Crippen LogP contribution in [-0.2, 0) is 9.59 Å². The Kier molecular flexibility index (Phi) is 5.82. The minimum Gasteiger partial charge on any atom is -0.486 e. The zero-order valence-corrected chi connectivity index (χ0v) is 18.2. The molecule has 8 heteroatoms. The van der Waals surface area contributed by atoms with Gasteiger partial charge in [0.25, 0.3) is 0 Å². The first-order valence-electron chi connectivity index (χ1n) is 10.9. The van der Waals surface area contributed by atoms with Crippen LogP contribution >= 0.6 is 11.3 Å². The fraction of sp³-hybridized carbons (Fsp3) is 0.478. The van der Waals surface area contributed by atoms with Gasteiger partial charge in [-0.15, -0.1) is 11.3 Å². The van der Waals surface area contributed by atoms with E-state index in [-0.39, 0.29) is 30.2 Å². The molecule has 0 saturated carbocycles. The average molecular weight is 442 g/mol. The highest BCUT2D eigenvalue weighted by Crippen LogP contribution is 2.36. The summed E-state index contributed by atoms with van der Waals surface area (Å²) in [6.45, 7) is 4.13. The zero-order chi connectivity index (χ0) is 21.2. The number of carbonyl (C=O) groups is 2. The maximum atomic E-state index is 12.9. The number of hydrogen-bond acceptors (Lipinski definition) is 6. The van der Waals surface area contributed by atoms with Crippen molar-refractivity contribution in [3.05, 3.63) is 40.6 Å². The number of fused-ring (bicyclic) bond motifs is 1. The molecule has 2 atom stereocenters. The molecule has 0 spiro atoms. The summed E-state index contributed by atoms with van der Waals surface area (Å²) < 4.78 is 11.2. The van der Waals surface area contributed by atoms with Crippen LogP contribution in [0.15, 0.2) is 35.7 Å². The van der Waals surface area contributed by atoms with Crippen LogP contribution in [0.1, 0.15) is 30.2 Å². The molecule has 3 aliphatic rings. The minimum absolute atomic E-state index is 0.0359. The summed E-state index contributed by atoms with van der Waals surface area (Å²) in [5.41, 5.74) is 0.748. The van der Waals surface area contributed by atoms with Crippen molar-refractivity contribution in [2.24, 2.45) is 5.92 Å². The molecule has 0 radical (unpaired) electrons. The molecule has 2 fully saturated rings. The van der Waals surface area contributed by atoms with E-state index < -0.39 is 0 Å². The third kappa shape index (κ3) is 4.27. The standard InChI is InChI=1S/C23H27N3O4S/c27-22-12-16(15-26(22)17-5-6-19-20(13-17)30-10-9-29-19)23(28)24-14-18(21-4-3-11-31-21)25-7-1-2-8-25/h3-6,11,13,16,18H,1-2,7-10,12,14-15H2,(H,24,28)/t16-,18-/m1/s1. The number of likely N-dealkylation sites (tertiary alicyclic amines) is 1. The molecule has 0 unspecified atom stereocenters. The molecule has 7 nitrogen and oxygen atoms in total. The number of nitrogens with zero attached hydrogens (tertiary/aromatic N) is 2. The molecule has 164 valence electrons. The Hall–Kier alpha value is -2.58. The maximum absolute atomic E-state index is 12.9. The van der Waals surface area contributed by atoms with Crippen LogP contribution in [0.25, 0.3) is 0 Å². The van der Waals surface area contributed by atoms with Gasteiger partial charge in [0.05, 0.1) is 12.0 Å². The lowest BCUT2D eigenvalue weighted by atomic mass is 10.1. The monoisotopic (exact) mass is 441 g/mol. The average Bonchev–Trinajstić information content (AvgIpc) is 3.56. The Labute approximate surface area is 185 Å². The Morgan fingerprint density at radius 3 is 2.74 bits per heavy atom. The van der Waals surface area contributed by atoms with E-state index in [0.29, 0.717) is 37.8 Å².